The zero-order chi connectivity index (χ0) is 20.9. The van der Waals surface area contributed by atoms with Crippen LogP contribution in [-0.4, -0.2) is 41.5 Å². The van der Waals surface area contributed by atoms with Crippen molar-refractivity contribution >= 4 is 34.4 Å². The molecule has 1 atom stereocenters. The Balaban J connectivity index is 1.44. The molecule has 1 aliphatic rings. The molecule has 0 spiro atoms. The summed E-state index contributed by atoms with van der Waals surface area (Å²) in [5, 5.41) is 2.94. The Morgan fingerprint density at radius 1 is 1.17 bits per heavy atom. The molecule has 0 radical (unpaired) electrons. The van der Waals surface area contributed by atoms with Gasteiger partial charge < -0.3 is 15.0 Å². The second kappa shape index (κ2) is 8.90. The highest BCUT2D eigenvalue weighted by Gasteiger charge is 2.27. The van der Waals surface area contributed by atoms with Crippen molar-refractivity contribution in [1.29, 1.82) is 0 Å². The number of esters is 1. The molecule has 1 N–H and O–H groups in total. The molecule has 3 aromatic rings. The zero-order valence-corrected chi connectivity index (χ0v) is 16.9. The second-order valence-corrected chi connectivity index (χ2v) is 7.29. The lowest BCUT2D eigenvalue weighted by molar-refractivity contribution is -0.120. The Kier molecular flexibility index (Phi) is 5.88. The van der Waals surface area contributed by atoms with Gasteiger partial charge in [0.25, 0.3) is 0 Å². The number of ether oxygens (including phenoxy) is 1. The van der Waals surface area contributed by atoms with Gasteiger partial charge in [0.2, 0.25) is 5.91 Å². The minimum Gasteiger partial charge on any atom is -0.462 e. The number of anilines is 2. The van der Waals surface area contributed by atoms with E-state index in [0.717, 1.165) is 36.2 Å². The number of fused-ring (bicyclic) bond motifs is 1. The van der Waals surface area contributed by atoms with Gasteiger partial charge in [0, 0.05) is 18.8 Å². The number of piperidine rings is 1. The predicted molar refractivity (Wildman–Crippen MR) is 116 cm³/mol. The van der Waals surface area contributed by atoms with Gasteiger partial charge in [-0.25, -0.2) is 9.78 Å². The second-order valence-electron chi connectivity index (χ2n) is 7.29. The van der Waals surface area contributed by atoms with Crippen LogP contribution in [0.5, 0.6) is 0 Å². The normalized spacial score (nSPS) is 16.3. The van der Waals surface area contributed by atoms with Crippen LogP contribution in [0.2, 0.25) is 0 Å². The third-order valence-corrected chi connectivity index (χ3v) is 5.19. The van der Waals surface area contributed by atoms with Crippen LogP contribution in [0.15, 0.2) is 54.7 Å². The minimum absolute atomic E-state index is 0.0607. The quantitative estimate of drug-likeness (QED) is 0.654. The molecule has 2 aromatic carbocycles. The first-order chi connectivity index (χ1) is 14.6. The molecule has 0 aliphatic carbocycles. The van der Waals surface area contributed by atoms with Crippen molar-refractivity contribution < 1.29 is 14.3 Å². The van der Waals surface area contributed by atoms with Gasteiger partial charge in [0.1, 0.15) is 5.82 Å². The number of nitrogens with zero attached hydrogens (tertiary/aromatic N) is 3. The Bertz CT molecular complexity index is 1070. The molecule has 154 valence electrons. The molecule has 7 heteroatoms. The molecule has 0 unspecified atom stereocenters. The van der Waals surface area contributed by atoms with E-state index >= 15 is 0 Å². The summed E-state index contributed by atoms with van der Waals surface area (Å²) in [6, 6.07) is 14.6. The van der Waals surface area contributed by atoms with Crippen molar-refractivity contribution in [2.24, 2.45) is 5.92 Å². The van der Waals surface area contributed by atoms with Gasteiger partial charge in [-0.15, -0.1) is 0 Å². The minimum atomic E-state index is -0.396. The van der Waals surface area contributed by atoms with E-state index in [1.165, 1.54) is 0 Å². The van der Waals surface area contributed by atoms with Crippen molar-refractivity contribution in [2.75, 3.05) is 29.9 Å². The maximum Gasteiger partial charge on any atom is 0.338 e. The first kappa shape index (κ1) is 19.8. The lowest BCUT2D eigenvalue weighted by Crippen LogP contribution is -2.41. The Hall–Kier alpha value is -3.48. The molecule has 7 nitrogen and oxygen atoms in total. The Morgan fingerprint density at radius 3 is 2.83 bits per heavy atom. The molecule has 0 bridgehead atoms. The molecule has 1 amide bonds. The van der Waals surface area contributed by atoms with E-state index in [1.54, 1.807) is 37.4 Å². The fourth-order valence-corrected chi connectivity index (χ4v) is 3.68. The third kappa shape index (κ3) is 4.40. The topological polar surface area (TPSA) is 84.4 Å². The summed E-state index contributed by atoms with van der Waals surface area (Å²) < 4.78 is 5.03. The Morgan fingerprint density at radius 2 is 2.00 bits per heavy atom. The molecular formula is C23H24N4O3. The SMILES string of the molecule is CCOC(=O)c1cccc(NC(=O)[C@H]2CCCN(c3cnc4ccccc4n3)C2)c1. The summed E-state index contributed by atoms with van der Waals surface area (Å²) in [5.74, 6) is 0.163. The molecule has 4 rings (SSSR count). The molecule has 2 heterocycles. The number of amides is 1. The van der Waals surface area contributed by atoms with Crippen LogP contribution in [0.25, 0.3) is 11.0 Å². The van der Waals surface area contributed by atoms with Gasteiger partial charge in [-0.05, 0) is 50.1 Å². The maximum absolute atomic E-state index is 12.9. The number of para-hydroxylation sites is 2. The smallest absolute Gasteiger partial charge is 0.338 e. The van der Waals surface area contributed by atoms with E-state index in [-0.39, 0.29) is 11.8 Å². The number of rotatable bonds is 5. The van der Waals surface area contributed by atoms with Crippen LogP contribution in [0.1, 0.15) is 30.1 Å². The molecule has 1 aliphatic heterocycles. The monoisotopic (exact) mass is 404 g/mol. The van der Waals surface area contributed by atoms with Crippen LogP contribution >= 0.6 is 0 Å². The highest BCUT2D eigenvalue weighted by molar-refractivity contribution is 5.95. The van der Waals surface area contributed by atoms with E-state index in [9.17, 15) is 9.59 Å². The molecular weight excluding hydrogens is 380 g/mol. The summed E-state index contributed by atoms with van der Waals surface area (Å²) in [6.45, 7) is 3.49. The zero-order valence-electron chi connectivity index (χ0n) is 16.9. The van der Waals surface area contributed by atoms with Crippen LogP contribution in [0.4, 0.5) is 11.5 Å². The number of hydrogen-bond donors (Lipinski definition) is 1. The van der Waals surface area contributed by atoms with E-state index < -0.39 is 5.97 Å². The van der Waals surface area contributed by atoms with Gasteiger partial charge in [-0.1, -0.05) is 18.2 Å². The maximum atomic E-state index is 12.9. The Labute approximate surface area is 175 Å². The number of carbonyl (C=O) groups is 2. The number of aromatic nitrogens is 2. The average molecular weight is 404 g/mol. The van der Waals surface area contributed by atoms with Gasteiger partial charge in [0.05, 0.1) is 35.3 Å². The predicted octanol–water partition coefficient (Wildman–Crippen LogP) is 3.66. The summed E-state index contributed by atoms with van der Waals surface area (Å²) in [4.78, 5) is 36.1. The van der Waals surface area contributed by atoms with Gasteiger partial charge in [0.15, 0.2) is 0 Å². The highest BCUT2D eigenvalue weighted by Crippen LogP contribution is 2.24. The fraction of sp³-hybridized carbons (Fsp3) is 0.304. The van der Waals surface area contributed by atoms with Crippen molar-refractivity contribution in [3.8, 4) is 0 Å². The third-order valence-electron chi connectivity index (χ3n) is 5.19. The van der Waals surface area contributed by atoms with Gasteiger partial charge >= 0.3 is 5.97 Å². The van der Waals surface area contributed by atoms with Crippen LogP contribution in [-0.2, 0) is 9.53 Å². The van der Waals surface area contributed by atoms with Crippen molar-refractivity contribution in [3.63, 3.8) is 0 Å². The number of carbonyl (C=O) groups excluding carboxylic acids is 2. The molecule has 1 aromatic heterocycles. The van der Waals surface area contributed by atoms with Crippen molar-refractivity contribution in [3.05, 3.63) is 60.3 Å². The average Bonchev–Trinajstić information content (AvgIpc) is 2.79. The lowest BCUT2D eigenvalue weighted by Gasteiger charge is -2.32. The summed E-state index contributed by atoms with van der Waals surface area (Å²) in [7, 11) is 0. The fourth-order valence-electron chi connectivity index (χ4n) is 3.68. The number of nitrogens with one attached hydrogen (secondary N) is 1. The van der Waals surface area contributed by atoms with Gasteiger partial charge in [-0.2, -0.15) is 0 Å². The molecule has 1 fully saturated rings. The summed E-state index contributed by atoms with van der Waals surface area (Å²) >= 11 is 0. The van der Waals surface area contributed by atoms with E-state index in [4.69, 9.17) is 9.72 Å². The van der Waals surface area contributed by atoms with Crippen LogP contribution in [0.3, 0.4) is 0 Å². The summed E-state index contributed by atoms with van der Waals surface area (Å²) in [6.07, 6.45) is 3.47. The number of benzene rings is 2. The van der Waals surface area contributed by atoms with E-state index in [1.807, 2.05) is 24.3 Å². The van der Waals surface area contributed by atoms with E-state index in [0.29, 0.717) is 24.4 Å². The van der Waals surface area contributed by atoms with Crippen molar-refractivity contribution in [1.82, 2.24) is 9.97 Å². The summed E-state index contributed by atoms with van der Waals surface area (Å²) in [5.41, 5.74) is 2.71. The molecule has 30 heavy (non-hydrogen) atoms. The highest BCUT2D eigenvalue weighted by atomic mass is 16.5. The van der Waals surface area contributed by atoms with Crippen LogP contribution < -0.4 is 10.2 Å². The number of hydrogen-bond acceptors (Lipinski definition) is 6. The molecule has 0 saturated carbocycles. The van der Waals surface area contributed by atoms with Gasteiger partial charge in [-0.3, -0.25) is 9.78 Å². The van der Waals surface area contributed by atoms with Crippen molar-refractivity contribution in [2.45, 2.75) is 19.8 Å². The first-order valence-corrected chi connectivity index (χ1v) is 10.2. The first-order valence-electron chi connectivity index (χ1n) is 10.2. The standard InChI is InChI=1S/C23H24N4O3/c1-2-30-23(29)16-7-5-9-18(13-16)25-22(28)17-8-6-12-27(15-17)21-14-24-19-10-3-4-11-20(19)26-21/h3-5,7,9-11,13-14,17H,2,6,8,12,15H2,1H3,(H,25,28)/t17-/m0/s1. The van der Waals surface area contributed by atoms with E-state index in [2.05, 4.69) is 15.2 Å². The largest absolute Gasteiger partial charge is 0.462 e. The molecule has 1 saturated heterocycles. The van der Waals surface area contributed by atoms with Crippen LogP contribution in [0, 0.1) is 5.92 Å². The lowest BCUT2D eigenvalue weighted by atomic mass is 9.97.